The summed E-state index contributed by atoms with van der Waals surface area (Å²) in [7, 11) is 0. The van der Waals surface area contributed by atoms with Crippen LogP contribution in [0.15, 0.2) is 12.1 Å². The van der Waals surface area contributed by atoms with Gasteiger partial charge < -0.3 is 5.32 Å². The van der Waals surface area contributed by atoms with Crippen molar-refractivity contribution in [2.45, 2.75) is 26.7 Å². The van der Waals surface area contributed by atoms with Crippen LogP contribution in [0.1, 0.15) is 24.5 Å². The molecular weight excluding hydrogens is 177 g/mol. The lowest BCUT2D eigenvalue weighted by molar-refractivity contribution is 0.518. The van der Waals surface area contributed by atoms with Crippen molar-refractivity contribution in [1.82, 2.24) is 0 Å². The standard InChI is InChI=1S/C12H16FN/c1-3-9-5-10-4-8(2)11(13)6-12(10)14-7-9/h4,6,9,14H,3,5,7H2,1-2H3. The zero-order valence-corrected chi connectivity index (χ0v) is 8.73. The quantitative estimate of drug-likeness (QED) is 0.722. The van der Waals surface area contributed by atoms with Gasteiger partial charge in [-0.25, -0.2) is 4.39 Å². The number of hydrogen-bond acceptors (Lipinski definition) is 1. The number of hydrogen-bond donors (Lipinski definition) is 1. The zero-order chi connectivity index (χ0) is 10.1. The molecule has 0 amide bonds. The molecule has 0 fully saturated rings. The van der Waals surface area contributed by atoms with E-state index in [1.165, 1.54) is 12.0 Å². The van der Waals surface area contributed by atoms with Gasteiger partial charge >= 0.3 is 0 Å². The molecule has 1 unspecified atom stereocenters. The molecule has 1 aromatic carbocycles. The monoisotopic (exact) mass is 193 g/mol. The SMILES string of the molecule is CCC1CNc2cc(F)c(C)cc2C1. The van der Waals surface area contributed by atoms with Crippen LogP contribution in [0.4, 0.5) is 10.1 Å². The summed E-state index contributed by atoms with van der Waals surface area (Å²) in [5.41, 5.74) is 3.00. The molecule has 14 heavy (non-hydrogen) atoms. The van der Waals surface area contributed by atoms with Crippen molar-refractivity contribution >= 4 is 5.69 Å². The van der Waals surface area contributed by atoms with Gasteiger partial charge in [0.1, 0.15) is 5.82 Å². The van der Waals surface area contributed by atoms with Gasteiger partial charge in [0, 0.05) is 12.2 Å². The van der Waals surface area contributed by atoms with Crippen LogP contribution in [0, 0.1) is 18.7 Å². The van der Waals surface area contributed by atoms with Crippen LogP contribution in [-0.4, -0.2) is 6.54 Å². The van der Waals surface area contributed by atoms with Crippen molar-refractivity contribution in [3.63, 3.8) is 0 Å². The molecule has 1 aliphatic heterocycles. The third-order valence-corrected chi connectivity index (χ3v) is 3.05. The Morgan fingerprint density at radius 1 is 1.50 bits per heavy atom. The molecule has 0 saturated carbocycles. The molecule has 1 atom stereocenters. The molecule has 1 nitrogen and oxygen atoms in total. The van der Waals surface area contributed by atoms with E-state index in [4.69, 9.17) is 0 Å². The van der Waals surface area contributed by atoms with Crippen LogP contribution in [0.2, 0.25) is 0 Å². The van der Waals surface area contributed by atoms with Gasteiger partial charge in [-0.1, -0.05) is 19.4 Å². The first-order valence-corrected chi connectivity index (χ1v) is 5.23. The van der Waals surface area contributed by atoms with E-state index in [-0.39, 0.29) is 5.82 Å². The predicted molar refractivity (Wildman–Crippen MR) is 57.1 cm³/mol. The van der Waals surface area contributed by atoms with E-state index < -0.39 is 0 Å². The smallest absolute Gasteiger partial charge is 0.128 e. The van der Waals surface area contributed by atoms with Gasteiger partial charge in [0.25, 0.3) is 0 Å². The molecule has 2 heteroatoms. The van der Waals surface area contributed by atoms with Crippen LogP contribution >= 0.6 is 0 Å². The number of rotatable bonds is 1. The van der Waals surface area contributed by atoms with Gasteiger partial charge in [-0.15, -0.1) is 0 Å². The number of anilines is 1. The second-order valence-corrected chi connectivity index (χ2v) is 4.12. The van der Waals surface area contributed by atoms with E-state index >= 15 is 0 Å². The van der Waals surface area contributed by atoms with E-state index in [2.05, 4.69) is 12.2 Å². The maximum absolute atomic E-state index is 13.2. The second kappa shape index (κ2) is 3.60. The lowest BCUT2D eigenvalue weighted by Crippen LogP contribution is -2.22. The van der Waals surface area contributed by atoms with Crippen molar-refractivity contribution < 1.29 is 4.39 Å². The molecule has 1 N–H and O–H groups in total. The Morgan fingerprint density at radius 2 is 2.29 bits per heavy atom. The lowest BCUT2D eigenvalue weighted by atomic mass is 9.91. The maximum atomic E-state index is 13.2. The fraction of sp³-hybridized carbons (Fsp3) is 0.500. The van der Waals surface area contributed by atoms with Crippen LogP contribution in [0.5, 0.6) is 0 Å². The molecule has 2 rings (SSSR count). The number of benzene rings is 1. The molecule has 1 heterocycles. The third-order valence-electron chi connectivity index (χ3n) is 3.05. The molecule has 0 aromatic heterocycles. The van der Waals surface area contributed by atoms with Gasteiger partial charge in [0.15, 0.2) is 0 Å². The van der Waals surface area contributed by atoms with Gasteiger partial charge in [0.05, 0.1) is 0 Å². The first-order valence-electron chi connectivity index (χ1n) is 5.23. The van der Waals surface area contributed by atoms with E-state index in [1.807, 2.05) is 13.0 Å². The van der Waals surface area contributed by atoms with Crippen LogP contribution in [-0.2, 0) is 6.42 Å². The Kier molecular flexibility index (Phi) is 2.44. The molecule has 1 aliphatic rings. The second-order valence-electron chi connectivity index (χ2n) is 4.12. The summed E-state index contributed by atoms with van der Waals surface area (Å²) in [6.07, 6.45) is 2.27. The summed E-state index contributed by atoms with van der Waals surface area (Å²) < 4.78 is 13.2. The van der Waals surface area contributed by atoms with Gasteiger partial charge in [-0.3, -0.25) is 0 Å². The molecule has 0 aliphatic carbocycles. The molecular formula is C12H16FN. The van der Waals surface area contributed by atoms with Gasteiger partial charge in [-0.05, 0) is 36.5 Å². The Balaban J connectivity index is 2.33. The van der Waals surface area contributed by atoms with Crippen LogP contribution < -0.4 is 5.32 Å². The molecule has 0 bridgehead atoms. The number of fused-ring (bicyclic) bond motifs is 1. The van der Waals surface area contributed by atoms with Gasteiger partial charge in [-0.2, -0.15) is 0 Å². The Bertz CT molecular complexity index is 346. The van der Waals surface area contributed by atoms with Crippen molar-refractivity contribution in [3.8, 4) is 0 Å². The van der Waals surface area contributed by atoms with Crippen molar-refractivity contribution in [2.75, 3.05) is 11.9 Å². The summed E-state index contributed by atoms with van der Waals surface area (Å²) in [5.74, 6) is 0.596. The Morgan fingerprint density at radius 3 is 3.00 bits per heavy atom. The third kappa shape index (κ3) is 1.61. The van der Waals surface area contributed by atoms with E-state index in [9.17, 15) is 4.39 Å². The van der Waals surface area contributed by atoms with E-state index in [0.29, 0.717) is 5.92 Å². The van der Waals surface area contributed by atoms with Crippen molar-refractivity contribution in [3.05, 3.63) is 29.1 Å². The minimum Gasteiger partial charge on any atom is -0.384 e. The van der Waals surface area contributed by atoms with E-state index in [0.717, 1.165) is 24.2 Å². The number of halogens is 1. The summed E-state index contributed by atoms with van der Waals surface area (Å²) in [6, 6.07) is 3.59. The van der Waals surface area contributed by atoms with E-state index in [1.54, 1.807) is 6.07 Å². The molecule has 1 aromatic rings. The molecule has 76 valence electrons. The van der Waals surface area contributed by atoms with Crippen molar-refractivity contribution in [2.24, 2.45) is 5.92 Å². The first-order chi connectivity index (χ1) is 6.70. The molecule has 0 spiro atoms. The lowest BCUT2D eigenvalue weighted by Gasteiger charge is -2.25. The zero-order valence-electron chi connectivity index (χ0n) is 8.73. The number of aryl methyl sites for hydroxylation is 1. The molecule has 0 saturated heterocycles. The highest BCUT2D eigenvalue weighted by Crippen LogP contribution is 2.28. The Hall–Kier alpha value is -1.05. The maximum Gasteiger partial charge on any atom is 0.128 e. The Labute approximate surface area is 84.3 Å². The normalized spacial score (nSPS) is 20.1. The highest BCUT2D eigenvalue weighted by atomic mass is 19.1. The molecule has 0 radical (unpaired) electrons. The summed E-state index contributed by atoms with van der Waals surface area (Å²) >= 11 is 0. The van der Waals surface area contributed by atoms with Crippen LogP contribution in [0.25, 0.3) is 0 Å². The predicted octanol–water partition coefficient (Wildman–Crippen LogP) is 3.13. The largest absolute Gasteiger partial charge is 0.384 e. The minimum atomic E-state index is -0.105. The summed E-state index contributed by atoms with van der Waals surface area (Å²) in [6.45, 7) is 5.00. The highest BCUT2D eigenvalue weighted by molar-refractivity contribution is 5.55. The summed E-state index contributed by atoms with van der Waals surface area (Å²) in [5, 5.41) is 3.29. The first kappa shape index (κ1) is 9.50. The van der Waals surface area contributed by atoms with Crippen molar-refractivity contribution in [1.29, 1.82) is 0 Å². The minimum absolute atomic E-state index is 0.105. The number of nitrogens with one attached hydrogen (secondary N) is 1. The van der Waals surface area contributed by atoms with Gasteiger partial charge in [0.2, 0.25) is 0 Å². The topological polar surface area (TPSA) is 12.0 Å². The average molecular weight is 193 g/mol. The fourth-order valence-corrected chi connectivity index (χ4v) is 2.00. The highest BCUT2D eigenvalue weighted by Gasteiger charge is 2.17. The van der Waals surface area contributed by atoms with Crippen LogP contribution in [0.3, 0.4) is 0 Å². The summed E-state index contributed by atoms with van der Waals surface area (Å²) in [4.78, 5) is 0. The average Bonchev–Trinajstić information content (AvgIpc) is 2.19. The fourth-order valence-electron chi connectivity index (χ4n) is 2.00.